The molecule has 3 N–H and O–H groups in total. The highest BCUT2D eigenvalue weighted by Crippen LogP contribution is 2.44. The zero-order valence-electron chi connectivity index (χ0n) is 11.1. The molecular weight excluding hydrogens is 265 g/mol. The average molecular weight is 282 g/mol. The quantitative estimate of drug-likeness (QED) is 0.860. The topological polar surface area (TPSA) is 41.8 Å². The molecule has 1 fully saturated rings. The van der Waals surface area contributed by atoms with Crippen molar-refractivity contribution in [1.29, 1.82) is 0 Å². The number of hydrogen-bond donors (Lipinski definition) is 2. The number of aromatic nitrogens is 1. The van der Waals surface area contributed by atoms with Crippen molar-refractivity contribution in [3.8, 4) is 0 Å². The number of nitrogens with two attached hydrogens (primary N) is 1. The van der Waals surface area contributed by atoms with Gasteiger partial charge in [-0.25, -0.2) is 0 Å². The fourth-order valence-corrected chi connectivity index (χ4v) is 3.41. The Bertz CT molecular complexity index is 622. The van der Waals surface area contributed by atoms with Crippen LogP contribution in [0.3, 0.4) is 0 Å². The summed E-state index contributed by atoms with van der Waals surface area (Å²) in [5, 5.41) is 0.659. The van der Waals surface area contributed by atoms with E-state index in [1.54, 1.807) is 6.07 Å². The molecule has 2 nitrogen and oxygen atoms in total. The van der Waals surface area contributed by atoms with Crippen LogP contribution >= 0.6 is 0 Å². The van der Waals surface area contributed by atoms with Crippen LogP contribution in [0.1, 0.15) is 36.9 Å². The molecule has 1 aliphatic carbocycles. The molecule has 1 saturated carbocycles. The minimum atomic E-state index is -4.35. The standard InChI is InChI=1S/C15H17F3N2/c16-15(17,18)13-8-10-11(4-3-5-12(10)20-13)14(9-19)6-1-2-7-14/h3-5,8,20H,1-2,6-7,9,19H2. The second-order valence-electron chi connectivity index (χ2n) is 5.64. The number of fused-ring (bicyclic) bond motifs is 1. The van der Waals surface area contributed by atoms with E-state index in [0.717, 1.165) is 31.2 Å². The highest BCUT2D eigenvalue weighted by Gasteiger charge is 2.37. The van der Waals surface area contributed by atoms with Gasteiger partial charge in [0.2, 0.25) is 0 Å². The third-order valence-electron chi connectivity index (χ3n) is 4.49. The van der Waals surface area contributed by atoms with Crippen molar-refractivity contribution in [2.75, 3.05) is 6.54 Å². The maximum absolute atomic E-state index is 12.9. The first-order valence-corrected chi connectivity index (χ1v) is 6.86. The molecular formula is C15H17F3N2. The molecule has 5 heteroatoms. The van der Waals surface area contributed by atoms with Gasteiger partial charge in [-0.15, -0.1) is 0 Å². The third kappa shape index (κ3) is 2.00. The van der Waals surface area contributed by atoms with Crippen LogP contribution in [0.5, 0.6) is 0 Å². The van der Waals surface area contributed by atoms with E-state index in [4.69, 9.17) is 5.73 Å². The molecule has 0 bridgehead atoms. The molecule has 0 aliphatic heterocycles. The minimum Gasteiger partial charge on any atom is -0.351 e. The van der Waals surface area contributed by atoms with E-state index in [-0.39, 0.29) is 5.41 Å². The Balaban J connectivity index is 2.19. The highest BCUT2D eigenvalue weighted by atomic mass is 19.4. The van der Waals surface area contributed by atoms with Crippen LogP contribution in [-0.2, 0) is 11.6 Å². The van der Waals surface area contributed by atoms with E-state index in [9.17, 15) is 13.2 Å². The molecule has 3 rings (SSSR count). The average Bonchev–Trinajstić information content (AvgIpc) is 3.05. The van der Waals surface area contributed by atoms with Gasteiger partial charge in [0, 0.05) is 22.9 Å². The minimum absolute atomic E-state index is 0.162. The van der Waals surface area contributed by atoms with Gasteiger partial charge in [-0.2, -0.15) is 13.2 Å². The van der Waals surface area contributed by atoms with Crippen molar-refractivity contribution in [3.05, 3.63) is 35.5 Å². The van der Waals surface area contributed by atoms with Crippen molar-refractivity contribution in [1.82, 2.24) is 4.98 Å². The van der Waals surface area contributed by atoms with Crippen LogP contribution in [0.2, 0.25) is 0 Å². The lowest BCUT2D eigenvalue weighted by Gasteiger charge is -2.28. The number of H-pyrrole nitrogens is 1. The van der Waals surface area contributed by atoms with E-state index in [1.807, 2.05) is 12.1 Å². The van der Waals surface area contributed by atoms with Gasteiger partial charge < -0.3 is 10.7 Å². The Morgan fingerprint density at radius 3 is 2.50 bits per heavy atom. The Labute approximate surface area is 115 Å². The largest absolute Gasteiger partial charge is 0.431 e. The normalized spacial score (nSPS) is 18.8. The summed E-state index contributed by atoms with van der Waals surface area (Å²) in [5.41, 5.74) is 6.60. The number of rotatable bonds is 2. The summed E-state index contributed by atoms with van der Waals surface area (Å²) < 4.78 is 38.6. The Kier molecular flexibility index (Phi) is 3.05. The molecule has 20 heavy (non-hydrogen) atoms. The lowest BCUT2D eigenvalue weighted by Crippen LogP contribution is -2.32. The number of hydrogen-bond acceptors (Lipinski definition) is 1. The monoisotopic (exact) mass is 282 g/mol. The zero-order chi connectivity index (χ0) is 14.4. The molecule has 0 unspecified atom stereocenters. The smallest absolute Gasteiger partial charge is 0.351 e. The van der Waals surface area contributed by atoms with Gasteiger partial charge in [-0.05, 0) is 30.5 Å². The van der Waals surface area contributed by atoms with Crippen LogP contribution in [0, 0.1) is 0 Å². The molecule has 0 spiro atoms. The second kappa shape index (κ2) is 4.52. The Hall–Kier alpha value is -1.49. The molecule has 1 heterocycles. The van der Waals surface area contributed by atoms with E-state index < -0.39 is 11.9 Å². The van der Waals surface area contributed by atoms with Crippen molar-refractivity contribution in [2.45, 2.75) is 37.3 Å². The number of alkyl halides is 3. The van der Waals surface area contributed by atoms with E-state index >= 15 is 0 Å². The van der Waals surface area contributed by atoms with Crippen LogP contribution in [0.4, 0.5) is 13.2 Å². The fourth-order valence-electron chi connectivity index (χ4n) is 3.41. The molecule has 0 radical (unpaired) electrons. The van der Waals surface area contributed by atoms with Gasteiger partial charge in [0.25, 0.3) is 0 Å². The van der Waals surface area contributed by atoms with E-state index in [1.165, 1.54) is 6.07 Å². The molecule has 2 aromatic rings. The highest BCUT2D eigenvalue weighted by molar-refractivity contribution is 5.85. The first kappa shape index (κ1) is 13.5. The zero-order valence-corrected chi connectivity index (χ0v) is 11.1. The van der Waals surface area contributed by atoms with Crippen LogP contribution in [-0.4, -0.2) is 11.5 Å². The molecule has 0 saturated heterocycles. The van der Waals surface area contributed by atoms with Crippen molar-refractivity contribution < 1.29 is 13.2 Å². The molecule has 1 aromatic carbocycles. The Morgan fingerprint density at radius 1 is 1.20 bits per heavy atom. The van der Waals surface area contributed by atoms with Gasteiger partial charge in [0.15, 0.2) is 0 Å². The summed E-state index contributed by atoms with van der Waals surface area (Å²) in [7, 11) is 0. The van der Waals surface area contributed by atoms with Gasteiger partial charge in [0.1, 0.15) is 5.69 Å². The summed E-state index contributed by atoms with van der Waals surface area (Å²) in [5.74, 6) is 0. The Morgan fingerprint density at radius 2 is 1.90 bits per heavy atom. The van der Waals surface area contributed by atoms with Gasteiger partial charge in [-0.3, -0.25) is 0 Å². The second-order valence-corrected chi connectivity index (χ2v) is 5.64. The van der Waals surface area contributed by atoms with E-state index in [2.05, 4.69) is 4.98 Å². The number of benzene rings is 1. The van der Waals surface area contributed by atoms with E-state index in [0.29, 0.717) is 17.4 Å². The van der Waals surface area contributed by atoms with Crippen molar-refractivity contribution in [2.24, 2.45) is 5.73 Å². The van der Waals surface area contributed by atoms with Gasteiger partial charge in [0.05, 0.1) is 0 Å². The maximum atomic E-state index is 12.9. The predicted molar refractivity (Wildman–Crippen MR) is 72.5 cm³/mol. The van der Waals surface area contributed by atoms with Crippen molar-refractivity contribution >= 4 is 10.9 Å². The SMILES string of the molecule is NCC1(c2cccc3[nH]c(C(F)(F)F)cc23)CCCC1. The lowest BCUT2D eigenvalue weighted by molar-refractivity contribution is -0.140. The van der Waals surface area contributed by atoms with Crippen LogP contribution in [0.15, 0.2) is 24.3 Å². The molecule has 0 atom stereocenters. The number of aromatic amines is 1. The summed E-state index contributed by atoms with van der Waals surface area (Å²) >= 11 is 0. The first-order chi connectivity index (χ1) is 9.46. The molecule has 0 amide bonds. The van der Waals surface area contributed by atoms with Crippen LogP contribution in [0.25, 0.3) is 10.9 Å². The molecule has 1 aromatic heterocycles. The summed E-state index contributed by atoms with van der Waals surface area (Å²) in [6.07, 6.45) is -0.263. The number of nitrogens with one attached hydrogen (secondary N) is 1. The van der Waals surface area contributed by atoms with Gasteiger partial charge in [-0.1, -0.05) is 25.0 Å². The molecule has 108 valence electrons. The predicted octanol–water partition coefficient (Wildman–Crippen LogP) is 3.96. The maximum Gasteiger partial charge on any atom is 0.431 e. The van der Waals surface area contributed by atoms with Crippen LogP contribution < -0.4 is 5.73 Å². The summed E-state index contributed by atoms with van der Waals surface area (Å²) in [6, 6.07) is 6.65. The third-order valence-corrected chi connectivity index (χ3v) is 4.49. The summed E-state index contributed by atoms with van der Waals surface area (Å²) in [4.78, 5) is 2.47. The number of halogens is 3. The summed E-state index contributed by atoms with van der Waals surface area (Å²) in [6.45, 7) is 0.485. The first-order valence-electron chi connectivity index (χ1n) is 6.86. The van der Waals surface area contributed by atoms with Gasteiger partial charge >= 0.3 is 6.18 Å². The molecule has 1 aliphatic rings. The lowest BCUT2D eigenvalue weighted by atomic mass is 9.77. The van der Waals surface area contributed by atoms with Crippen molar-refractivity contribution in [3.63, 3.8) is 0 Å². The fraction of sp³-hybridized carbons (Fsp3) is 0.467.